The lowest BCUT2D eigenvalue weighted by Crippen LogP contribution is -2.57. The fourth-order valence-corrected chi connectivity index (χ4v) is 1.67. The summed E-state index contributed by atoms with van der Waals surface area (Å²) in [5.74, 6) is -0.111. The minimum atomic E-state index is -0.716. The summed E-state index contributed by atoms with van der Waals surface area (Å²) in [7, 11) is 0. The standard InChI is InChI=1S/C9H9NO2/c1-6(11)10-9-5-4-7(9)2-3-8(9)12/h2-5,7H,1H3,(H,10,11). The van der Waals surface area contributed by atoms with Gasteiger partial charge in [0.25, 0.3) is 0 Å². The van der Waals surface area contributed by atoms with Crippen LogP contribution in [-0.4, -0.2) is 17.2 Å². The van der Waals surface area contributed by atoms with Crippen LogP contribution in [0.3, 0.4) is 0 Å². The van der Waals surface area contributed by atoms with Gasteiger partial charge in [-0.25, -0.2) is 0 Å². The van der Waals surface area contributed by atoms with Crippen LogP contribution in [0.1, 0.15) is 6.92 Å². The summed E-state index contributed by atoms with van der Waals surface area (Å²) in [4.78, 5) is 22.1. The van der Waals surface area contributed by atoms with Crippen LogP contribution in [0.15, 0.2) is 24.3 Å². The lowest BCUT2D eigenvalue weighted by atomic mass is 9.76. The van der Waals surface area contributed by atoms with Crippen molar-refractivity contribution in [3.63, 3.8) is 0 Å². The highest BCUT2D eigenvalue weighted by atomic mass is 16.2. The first-order chi connectivity index (χ1) is 5.65. The zero-order valence-electron chi connectivity index (χ0n) is 6.70. The second-order valence-corrected chi connectivity index (χ2v) is 3.16. The largest absolute Gasteiger partial charge is 0.339 e. The normalized spacial score (nSPS) is 36.1. The fraction of sp³-hybridized carbons (Fsp3) is 0.333. The van der Waals surface area contributed by atoms with Crippen LogP contribution >= 0.6 is 0 Å². The zero-order valence-corrected chi connectivity index (χ0v) is 6.70. The van der Waals surface area contributed by atoms with Crippen LogP contribution < -0.4 is 5.32 Å². The number of carbonyl (C=O) groups excluding carboxylic acids is 2. The van der Waals surface area contributed by atoms with Gasteiger partial charge in [-0.2, -0.15) is 0 Å². The Hall–Kier alpha value is -1.38. The average molecular weight is 163 g/mol. The van der Waals surface area contributed by atoms with Crippen molar-refractivity contribution < 1.29 is 9.59 Å². The Morgan fingerprint density at radius 3 is 2.75 bits per heavy atom. The van der Waals surface area contributed by atoms with E-state index in [0.29, 0.717) is 0 Å². The maximum Gasteiger partial charge on any atom is 0.217 e. The Labute approximate surface area is 70.1 Å². The SMILES string of the molecule is CC(=O)NC12C=CC1C=CC2=O. The molecule has 0 saturated carbocycles. The second kappa shape index (κ2) is 2.06. The van der Waals surface area contributed by atoms with E-state index in [2.05, 4.69) is 5.32 Å². The van der Waals surface area contributed by atoms with E-state index in [1.807, 2.05) is 12.2 Å². The van der Waals surface area contributed by atoms with E-state index >= 15 is 0 Å². The van der Waals surface area contributed by atoms with Gasteiger partial charge in [0.2, 0.25) is 5.91 Å². The van der Waals surface area contributed by atoms with Gasteiger partial charge in [-0.05, 0) is 6.08 Å². The minimum absolute atomic E-state index is 0.0230. The van der Waals surface area contributed by atoms with Crippen molar-refractivity contribution in [2.45, 2.75) is 12.5 Å². The molecule has 1 N–H and O–H groups in total. The van der Waals surface area contributed by atoms with Crippen LogP contribution in [0.4, 0.5) is 0 Å². The summed E-state index contributed by atoms with van der Waals surface area (Å²) in [6.07, 6.45) is 7.01. The minimum Gasteiger partial charge on any atom is -0.339 e. The summed E-state index contributed by atoms with van der Waals surface area (Å²) in [6, 6.07) is 0. The molecule has 0 aliphatic heterocycles. The summed E-state index contributed by atoms with van der Waals surface area (Å²) < 4.78 is 0. The van der Waals surface area contributed by atoms with Crippen molar-refractivity contribution in [3.8, 4) is 0 Å². The number of carbonyl (C=O) groups is 2. The maximum atomic E-state index is 11.3. The third-order valence-corrected chi connectivity index (χ3v) is 2.34. The predicted octanol–water partition coefficient (Wildman–Crippen LogP) is 0.186. The molecular formula is C9H9NO2. The number of nitrogens with one attached hydrogen (secondary N) is 1. The Kier molecular flexibility index (Phi) is 1.25. The van der Waals surface area contributed by atoms with Gasteiger partial charge in [-0.1, -0.05) is 18.2 Å². The van der Waals surface area contributed by atoms with Gasteiger partial charge in [0.05, 0.1) is 0 Å². The molecule has 2 rings (SSSR count). The first-order valence-corrected chi connectivity index (χ1v) is 3.86. The summed E-state index contributed by atoms with van der Waals surface area (Å²) >= 11 is 0. The van der Waals surface area contributed by atoms with Gasteiger partial charge in [0.1, 0.15) is 5.54 Å². The van der Waals surface area contributed by atoms with Crippen LogP contribution in [0.5, 0.6) is 0 Å². The number of hydrogen-bond acceptors (Lipinski definition) is 2. The van der Waals surface area contributed by atoms with Crippen LogP contribution in [0, 0.1) is 5.92 Å². The summed E-state index contributed by atoms with van der Waals surface area (Å²) in [5, 5.41) is 2.67. The lowest BCUT2D eigenvalue weighted by molar-refractivity contribution is -0.127. The van der Waals surface area contributed by atoms with Crippen molar-refractivity contribution in [2.24, 2.45) is 5.92 Å². The monoisotopic (exact) mass is 163 g/mol. The number of rotatable bonds is 1. The Balaban J connectivity index is 2.27. The highest BCUT2D eigenvalue weighted by Gasteiger charge is 2.49. The molecule has 2 atom stereocenters. The van der Waals surface area contributed by atoms with Crippen molar-refractivity contribution in [3.05, 3.63) is 24.3 Å². The average Bonchev–Trinajstić information content (AvgIpc) is 2.13. The number of fused-ring (bicyclic) bond motifs is 1. The van der Waals surface area contributed by atoms with Gasteiger partial charge in [-0.15, -0.1) is 0 Å². The van der Waals surface area contributed by atoms with Crippen LogP contribution in [0.2, 0.25) is 0 Å². The Morgan fingerprint density at radius 2 is 2.33 bits per heavy atom. The molecule has 2 aliphatic rings. The van der Waals surface area contributed by atoms with Gasteiger partial charge in [0, 0.05) is 12.8 Å². The van der Waals surface area contributed by atoms with Gasteiger partial charge in [-0.3, -0.25) is 9.59 Å². The first kappa shape index (κ1) is 7.28. The van der Waals surface area contributed by atoms with Gasteiger partial charge >= 0.3 is 0 Å². The molecule has 0 aromatic heterocycles. The smallest absolute Gasteiger partial charge is 0.217 e. The first-order valence-electron chi connectivity index (χ1n) is 3.86. The topological polar surface area (TPSA) is 46.2 Å². The summed E-state index contributed by atoms with van der Waals surface area (Å²) in [6.45, 7) is 1.42. The van der Waals surface area contributed by atoms with Gasteiger partial charge < -0.3 is 5.32 Å². The molecule has 0 aromatic rings. The van der Waals surface area contributed by atoms with E-state index in [-0.39, 0.29) is 17.6 Å². The number of hydrogen-bond donors (Lipinski definition) is 1. The lowest BCUT2D eigenvalue weighted by Gasteiger charge is -2.36. The molecule has 0 spiro atoms. The van der Waals surface area contributed by atoms with E-state index in [4.69, 9.17) is 0 Å². The molecule has 3 nitrogen and oxygen atoms in total. The van der Waals surface area contributed by atoms with Crippen LogP contribution in [-0.2, 0) is 9.59 Å². The zero-order chi connectivity index (χ0) is 8.77. The molecule has 0 bridgehead atoms. The molecule has 0 fully saturated rings. The van der Waals surface area contributed by atoms with Crippen molar-refractivity contribution in [2.75, 3.05) is 0 Å². The third-order valence-electron chi connectivity index (χ3n) is 2.34. The molecule has 2 unspecified atom stereocenters. The van der Waals surface area contributed by atoms with E-state index in [0.717, 1.165) is 0 Å². The molecule has 62 valence electrons. The Morgan fingerprint density at radius 1 is 1.58 bits per heavy atom. The second-order valence-electron chi connectivity index (χ2n) is 3.16. The number of ketones is 1. The Bertz CT molecular complexity index is 316. The molecule has 0 saturated heterocycles. The predicted molar refractivity (Wildman–Crippen MR) is 43.3 cm³/mol. The fourth-order valence-electron chi connectivity index (χ4n) is 1.67. The van der Waals surface area contributed by atoms with E-state index in [9.17, 15) is 9.59 Å². The van der Waals surface area contributed by atoms with E-state index < -0.39 is 5.54 Å². The van der Waals surface area contributed by atoms with Crippen molar-refractivity contribution in [1.29, 1.82) is 0 Å². The van der Waals surface area contributed by atoms with Crippen molar-refractivity contribution in [1.82, 2.24) is 5.32 Å². The molecule has 2 aliphatic carbocycles. The molecule has 12 heavy (non-hydrogen) atoms. The molecule has 0 heterocycles. The van der Waals surface area contributed by atoms with E-state index in [1.165, 1.54) is 13.0 Å². The molecule has 3 heteroatoms. The van der Waals surface area contributed by atoms with E-state index in [1.54, 1.807) is 6.08 Å². The van der Waals surface area contributed by atoms with Gasteiger partial charge in [0.15, 0.2) is 5.78 Å². The van der Waals surface area contributed by atoms with Crippen molar-refractivity contribution >= 4 is 11.7 Å². The quantitative estimate of drug-likeness (QED) is 0.561. The third kappa shape index (κ3) is 0.706. The number of amides is 1. The highest BCUT2D eigenvalue weighted by Crippen LogP contribution is 2.37. The van der Waals surface area contributed by atoms with Crippen LogP contribution in [0.25, 0.3) is 0 Å². The molecular weight excluding hydrogens is 154 g/mol. The maximum absolute atomic E-state index is 11.3. The molecule has 1 amide bonds. The highest BCUT2D eigenvalue weighted by molar-refractivity contribution is 6.06. The molecule has 0 radical (unpaired) electrons. The molecule has 0 aromatic carbocycles. The summed E-state index contributed by atoms with van der Waals surface area (Å²) in [5.41, 5.74) is -0.716.